The van der Waals surface area contributed by atoms with Gasteiger partial charge in [0.2, 0.25) is 0 Å². The van der Waals surface area contributed by atoms with E-state index in [1.807, 2.05) is 6.20 Å². The van der Waals surface area contributed by atoms with Crippen molar-refractivity contribution in [3.8, 4) is 0 Å². The van der Waals surface area contributed by atoms with Crippen LogP contribution in [0.2, 0.25) is 10.2 Å². The van der Waals surface area contributed by atoms with E-state index in [0.717, 1.165) is 12.8 Å². The van der Waals surface area contributed by atoms with Gasteiger partial charge in [-0.05, 0) is 25.0 Å². The van der Waals surface area contributed by atoms with Gasteiger partial charge in [0.25, 0.3) is 0 Å². The minimum atomic E-state index is -0.0182. The molecule has 2 heterocycles. The molecule has 2 aromatic rings. The minimum absolute atomic E-state index is 0.0182. The molecule has 1 fully saturated rings. The van der Waals surface area contributed by atoms with E-state index >= 15 is 0 Å². The van der Waals surface area contributed by atoms with Crippen LogP contribution >= 0.6 is 23.2 Å². The Morgan fingerprint density at radius 3 is 2.78 bits per heavy atom. The topological polar surface area (TPSA) is 39.8 Å². The van der Waals surface area contributed by atoms with Gasteiger partial charge in [0.05, 0.1) is 17.3 Å². The van der Waals surface area contributed by atoms with Crippen LogP contribution in [-0.4, -0.2) is 14.1 Å². The molecule has 0 spiro atoms. The van der Waals surface area contributed by atoms with E-state index < -0.39 is 0 Å². The molecule has 6 heteroatoms. The fourth-order valence-electron chi connectivity index (χ4n) is 1.91. The number of halogens is 2. The fraction of sp³-hybridized carbons (Fsp3) is 0.333. The molecule has 18 heavy (non-hydrogen) atoms. The molecule has 0 bridgehead atoms. The van der Waals surface area contributed by atoms with Crippen molar-refractivity contribution in [1.82, 2.24) is 14.1 Å². The molecule has 0 unspecified atom stereocenters. The predicted molar refractivity (Wildman–Crippen MR) is 70.3 cm³/mol. The van der Waals surface area contributed by atoms with E-state index in [9.17, 15) is 4.79 Å². The van der Waals surface area contributed by atoms with Crippen molar-refractivity contribution in [2.24, 2.45) is 0 Å². The van der Waals surface area contributed by atoms with Crippen molar-refractivity contribution in [2.45, 2.75) is 25.4 Å². The van der Waals surface area contributed by atoms with Gasteiger partial charge in [-0.3, -0.25) is 9.13 Å². The zero-order chi connectivity index (χ0) is 12.7. The van der Waals surface area contributed by atoms with Gasteiger partial charge in [0.15, 0.2) is 0 Å². The molecule has 0 radical (unpaired) electrons. The second-order valence-electron chi connectivity index (χ2n) is 4.41. The molecule has 2 aromatic heterocycles. The van der Waals surface area contributed by atoms with Crippen LogP contribution in [0, 0.1) is 0 Å². The molecule has 4 nitrogen and oxygen atoms in total. The van der Waals surface area contributed by atoms with Gasteiger partial charge in [-0.1, -0.05) is 23.2 Å². The van der Waals surface area contributed by atoms with Gasteiger partial charge in [-0.15, -0.1) is 0 Å². The number of pyridine rings is 1. The lowest BCUT2D eigenvalue weighted by Crippen LogP contribution is -2.24. The summed E-state index contributed by atoms with van der Waals surface area (Å²) in [6, 6.07) is 3.70. The third-order valence-corrected chi connectivity index (χ3v) is 3.57. The number of rotatable bonds is 3. The van der Waals surface area contributed by atoms with Gasteiger partial charge >= 0.3 is 5.69 Å². The second-order valence-corrected chi connectivity index (χ2v) is 5.20. The number of hydrogen-bond acceptors (Lipinski definition) is 2. The van der Waals surface area contributed by atoms with Gasteiger partial charge < -0.3 is 0 Å². The average molecular weight is 284 g/mol. The molecule has 1 saturated carbocycles. The zero-order valence-electron chi connectivity index (χ0n) is 9.51. The van der Waals surface area contributed by atoms with Crippen LogP contribution in [0.3, 0.4) is 0 Å². The maximum absolute atomic E-state index is 12.1. The summed E-state index contributed by atoms with van der Waals surface area (Å²) in [6.45, 7) is 0.345. The lowest BCUT2D eigenvalue weighted by atomic mass is 10.3. The molecule has 0 aliphatic heterocycles. The summed E-state index contributed by atoms with van der Waals surface area (Å²) in [4.78, 5) is 16.2. The summed E-state index contributed by atoms with van der Waals surface area (Å²) >= 11 is 11.9. The number of hydrogen-bond donors (Lipinski definition) is 0. The van der Waals surface area contributed by atoms with Gasteiger partial charge in [0, 0.05) is 18.4 Å². The molecule has 1 aliphatic rings. The zero-order valence-corrected chi connectivity index (χ0v) is 11.0. The predicted octanol–water partition coefficient (Wildman–Crippen LogP) is 2.73. The van der Waals surface area contributed by atoms with E-state index in [1.165, 1.54) is 0 Å². The molecule has 0 amide bonds. The van der Waals surface area contributed by atoms with Crippen molar-refractivity contribution in [1.29, 1.82) is 0 Å². The highest BCUT2D eigenvalue weighted by atomic mass is 35.5. The smallest absolute Gasteiger partial charge is 0.296 e. The number of imidazole rings is 1. The molecule has 0 aromatic carbocycles. The van der Waals surface area contributed by atoms with Crippen molar-refractivity contribution in [2.75, 3.05) is 0 Å². The number of aromatic nitrogens is 3. The SMILES string of the molecule is O=c1n(Cc2nc(Cl)ccc2Cl)ccn1C1CC1. The quantitative estimate of drug-likeness (QED) is 0.813. The fourth-order valence-corrected chi connectivity index (χ4v) is 2.24. The maximum Gasteiger partial charge on any atom is 0.328 e. The average Bonchev–Trinajstić information content (AvgIpc) is 3.11. The van der Waals surface area contributed by atoms with E-state index in [1.54, 1.807) is 27.5 Å². The summed E-state index contributed by atoms with van der Waals surface area (Å²) in [5.74, 6) is 0. The third-order valence-electron chi connectivity index (χ3n) is 3.02. The van der Waals surface area contributed by atoms with E-state index in [0.29, 0.717) is 28.5 Å². The lowest BCUT2D eigenvalue weighted by molar-refractivity contribution is 0.651. The summed E-state index contributed by atoms with van der Waals surface area (Å²) < 4.78 is 3.36. The molecular weight excluding hydrogens is 273 g/mol. The molecule has 1 aliphatic carbocycles. The summed E-state index contributed by atoms with van der Waals surface area (Å²) in [7, 11) is 0. The molecule has 0 atom stereocenters. The van der Waals surface area contributed by atoms with E-state index in [-0.39, 0.29) is 5.69 Å². The normalized spacial score (nSPS) is 15.0. The Hall–Kier alpha value is -1.26. The van der Waals surface area contributed by atoms with Crippen molar-refractivity contribution in [3.63, 3.8) is 0 Å². The van der Waals surface area contributed by atoms with Crippen molar-refractivity contribution in [3.05, 3.63) is 50.9 Å². The summed E-state index contributed by atoms with van der Waals surface area (Å²) in [5.41, 5.74) is 0.593. The lowest BCUT2D eigenvalue weighted by Gasteiger charge is -2.04. The summed E-state index contributed by atoms with van der Waals surface area (Å²) in [5, 5.41) is 0.898. The van der Waals surface area contributed by atoms with Crippen LogP contribution in [0.25, 0.3) is 0 Å². The highest BCUT2D eigenvalue weighted by Gasteiger charge is 2.25. The Morgan fingerprint density at radius 1 is 1.28 bits per heavy atom. The summed E-state index contributed by atoms with van der Waals surface area (Å²) in [6.07, 6.45) is 5.75. The standard InChI is InChI=1S/C12H11Cl2N3O/c13-9-3-4-11(14)15-10(9)7-16-5-6-17(12(16)18)8-1-2-8/h3-6,8H,1-2,7H2. The molecule has 0 N–H and O–H groups in total. The highest BCUT2D eigenvalue weighted by Crippen LogP contribution is 2.33. The van der Waals surface area contributed by atoms with Crippen LogP contribution in [0.4, 0.5) is 0 Å². The number of nitrogens with zero attached hydrogens (tertiary/aromatic N) is 3. The first kappa shape index (κ1) is 11.8. The van der Waals surface area contributed by atoms with Crippen LogP contribution in [0.15, 0.2) is 29.3 Å². The van der Waals surface area contributed by atoms with Crippen molar-refractivity contribution < 1.29 is 0 Å². The van der Waals surface area contributed by atoms with E-state index in [4.69, 9.17) is 23.2 Å². The maximum atomic E-state index is 12.1. The first-order valence-corrected chi connectivity index (χ1v) is 6.49. The minimum Gasteiger partial charge on any atom is -0.296 e. The largest absolute Gasteiger partial charge is 0.328 e. The van der Waals surface area contributed by atoms with Gasteiger partial charge in [0.1, 0.15) is 5.15 Å². The first-order valence-electron chi connectivity index (χ1n) is 5.73. The Bertz CT molecular complexity index is 643. The Kier molecular flexibility index (Phi) is 2.92. The van der Waals surface area contributed by atoms with Gasteiger partial charge in [-0.25, -0.2) is 9.78 Å². The third kappa shape index (κ3) is 2.18. The van der Waals surface area contributed by atoms with E-state index in [2.05, 4.69) is 4.98 Å². The van der Waals surface area contributed by atoms with Crippen LogP contribution in [-0.2, 0) is 6.54 Å². The monoisotopic (exact) mass is 283 g/mol. The van der Waals surface area contributed by atoms with Crippen LogP contribution in [0.1, 0.15) is 24.6 Å². The molecular formula is C12H11Cl2N3O. The molecule has 94 valence electrons. The highest BCUT2D eigenvalue weighted by molar-refractivity contribution is 6.32. The molecule has 3 rings (SSSR count). The Balaban J connectivity index is 1.92. The van der Waals surface area contributed by atoms with Crippen molar-refractivity contribution >= 4 is 23.2 Å². The Labute approximate surface area is 114 Å². The van der Waals surface area contributed by atoms with Crippen LogP contribution < -0.4 is 5.69 Å². The Morgan fingerprint density at radius 2 is 2.06 bits per heavy atom. The molecule has 0 saturated heterocycles. The van der Waals surface area contributed by atoms with Gasteiger partial charge in [-0.2, -0.15) is 0 Å². The van der Waals surface area contributed by atoms with Crippen LogP contribution in [0.5, 0.6) is 0 Å². The first-order chi connectivity index (χ1) is 8.65. The second kappa shape index (κ2) is 4.44.